The first-order valence-corrected chi connectivity index (χ1v) is 7.83. The number of carbonyl (C=O) groups excluding carboxylic acids is 2. The summed E-state index contributed by atoms with van der Waals surface area (Å²) in [5.74, 6) is 0.131. The lowest BCUT2D eigenvalue weighted by atomic mass is 9.96. The third-order valence-corrected chi connectivity index (χ3v) is 4.58. The normalized spacial score (nSPS) is 22.2. The summed E-state index contributed by atoms with van der Waals surface area (Å²) < 4.78 is 0. The molecule has 0 radical (unpaired) electrons. The van der Waals surface area contributed by atoms with Gasteiger partial charge in [-0.3, -0.25) is 9.59 Å². The molecular formula is C16H19ClN2O2. The summed E-state index contributed by atoms with van der Waals surface area (Å²) in [5.41, 5.74) is 0.915. The maximum absolute atomic E-state index is 12.3. The first-order valence-electron chi connectivity index (χ1n) is 7.45. The van der Waals surface area contributed by atoms with Gasteiger partial charge in [-0.1, -0.05) is 29.8 Å². The summed E-state index contributed by atoms with van der Waals surface area (Å²) in [7, 11) is 0. The molecule has 1 saturated carbocycles. The van der Waals surface area contributed by atoms with Crippen LogP contribution in [0.3, 0.4) is 0 Å². The molecule has 0 unspecified atom stereocenters. The van der Waals surface area contributed by atoms with E-state index >= 15 is 0 Å². The average molecular weight is 307 g/mol. The maximum Gasteiger partial charge on any atom is 0.225 e. The van der Waals surface area contributed by atoms with Crippen LogP contribution in [0.2, 0.25) is 5.02 Å². The molecule has 1 heterocycles. The molecule has 0 aromatic heterocycles. The zero-order valence-corrected chi connectivity index (χ0v) is 12.6. The van der Waals surface area contributed by atoms with E-state index in [1.807, 2.05) is 29.2 Å². The fraction of sp³-hybridized carbons (Fsp3) is 0.500. The lowest BCUT2D eigenvalue weighted by molar-refractivity contribution is -0.138. The van der Waals surface area contributed by atoms with Crippen molar-refractivity contribution >= 4 is 23.4 Å². The van der Waals surface area contributed by atoms with Gasteiger partial charge in [-0.25, -0.2) is 0 Å². The maximum atomic E-state index is 12.3. The molecular weight excluding hydrogens is 288 g/mol. The van der Waals surface area contributed by atoms with Gasteiger partial charge in [0, 0.05) is 30.6 Å². The van der Waals surface area contributed by atoms with Crippen LogP contribution in [0.25, 0.3) is 0 Å². The van der Waals surface area contributed by atoms with E-state index in [-0.39, 0.29) is 17.7 Å². The van der Waals surface area contributed by atoms with Gasteiger partial charge >= 0.3 is 0 Å². The van der Waals surface area contributed by atoms with E-state index in [2.05, 4.69) is 5.32 Å². The Labute approximate surface area is 129 Å². The number of halogens is 1. The van der Waals surface area contributed by atoms with Gasteiger partial charge in [0.15, 0.2) is 0 Å². The number of benzene rings is 1. The van der Waals surface area contributed by atoms with Crippen molar-refractivity contribution in [1.29, 1.82) is 0 Å². The minimum absolute atomic E-state index is 0.0214. The van der Waals surface area contributed by atoms with Crippen LogP contribution in [-0.2, 0) is 16.1 Å². The van der Waals surface area contributed by atoms with Gasteiger partial charge in [-0.15, -0.1) is 0 Å². The topological polar surface area (TPSA) is 49.4 Å². The number of hydrogen-bond donors (Lipinski definition) is 1. The summed E-state index contributed by atoms with van der Waals surface area (Å²) in [6, 6.07) is 7.88. The van der Waals surface area contributed by atoms with E-state index in [0.717, 1.165) is 18.4 Å². The Morgan fingerprint density at radius 2 is 2.05 bits per heavy atom. The van der Waals surface area contributed by atoms with E-state index in [1.165, 1.54) is 0 Å². The van der Waals surface area contributed by atoms with Gasteiger partial charge in [-0.05, 0) is 30.9 Å². The monoisotopic (exact) mass is 306 g/mol. The molecule has 0 spiro atoms. The zero-order valence-electron chi connectivity index (χ0n) is 11.8. The first-order chi connectivity index (χ1) is 10.1. The number of nitrogens with one attached hydrogen (secondary N) is 1. The number of carbonyl (C=O) groups is 2. The third kappa shape index (κ3) is 3.38. The molecule has 2 amide bonds. The van der Waals surface area contributed by atoms with Crippen LogP contribution in [0.15, 0.2) is 24.3 Å². The van der Waals surface area contributed by atoms with Gasteiger partial charge in [0.05, 0.1) is 5.92 Å². The SMILES string of the molecule is O=C(NCc1ccccc1Cl)[C@@H]1CCC(=O)N(C2CC2)C1. The van der Waals surface area contributed by atoms with Gasteiger partial charge < -0.3 is 10.2 Å². The van der Waals surface area contributed by atoms with Crippen molar-refractivity contribution in [3.63, 3.8) is 0 Å². The fourth-order valence-corrected chi connectivity index (χ4v) is 3.00. The standard InChI is InChI=1S/C16H19ClN2O2/c17-14-4-2-1-3-11(14)9-18-16(21)12-5-8-15(20)19(10-12)13-6-7-13/h1-4,12-13H,5-10H2,(H,18,21)/t12-/m1/s1. The van der Waals surface area contributed by atoms with Gasteiger partial charge in [0.2, 0.25) is 11.8 Å². The van der Waals surface area contributed by atoms with Crippen LogP contribution in [0, 0.1) is 5.92 Å². The van der Waals surface area contributed by atoms with E-state index in [4.69, 9.17) is 11.6 Å². The first kappa shape index (κ1) is 14.4. The van der Waals surface area contributed by atoms with Crippen molar-refractivity contribution in [3.05, 3.63) is 34.9 Å². The van der Waals surface area contributed by atoms with Crippen molar-refractivity contribution < 1.29 is 9.59 Å². The molecule has 1 aromatic carbocycles. The highest BCUT2D eigenvalue weighted by molar-refractivity contribution is 6.31. The molecule has 3 rings (SSSR count). The highest BCUT2D eigenvalue weighted by Crippen LogP contribution is 2.31. The minimum Gasteiger partial charge on any atom is -0.352 e. The summed E-state index contributed by atoms with van der Waals surface area (Å²) in [4.78, 5) is 26.0. The van der Waals surface area contributed by atoms with Crippen LogP contribution in [0.5, 0.6) is 0 Å². The van der Waals surface area contributed by atoms with Crippen LogP contribution in [0.1, 0.15) is 31.2 Å². The van der Waals surface area contributed by atoms with Gasteiger partial charge in [0.25, 0.3) is 0 Å². The molecule has 2 fully saturated rings. The van der Waals surface area contributed by atoms with Crippen LogP contribution >= 0.6 is 11.6 Å². The van der Waals surface area contributed by atoms with Crippen molar-refractivity contribution in [2.24, 2.45) is 5.92 Å². The number of amides is 2. The van der Waals surface area contributed by atoms with Crippen molar-refractivity contribution in [2.45, 2.75) is 38.3 Å². The molecule has 1 saturated heterocycles. The molecule has 112 valence electrons. The largest absolute Gasteiger partial charge is 0.352 e. The average Bonchev–Trinajstić information content (AvgIpc) is 3.31. The minimum atomic E-state index is -0.0919. The van der Waals surface area contributed by atoms with E-state index in [0.29, 0.717) is 37.0 Å². The van der Waals surface area contributed by atoms with Crippen molar-refractivity contribution in [3.8, 4) is 0 Å². The Bertz CT molecular complexity index is 557. The van der Waals surface area contributed by atoms with Gasteiger partial charge in [-0.2, -0.15) is 0 Å². The number of hydrogen-bond acceptors (Lipinski definition) is 2. The second-order valence-electron chi connectivity index (χ2n) is 5.82. The van der Waals surface area contributed by atoms with Crippen LogP contribution in [0.4, 0.5) is 0 Å². The Kier molecular flexibility index (Phi) is 4.15. The molecule has 2 aliphatic rings. The lowest BCUT2D eigenvalue weighted by Gasteiger charge is -2.32. The second kappa shape index (κ2) is 6.06. The molecule has 1 N–H and O–H groups in total. The number of likely N-dealkylation sites (tertiary alicyclic amines) is 1. The highest BCUT2D eigenvalue weighted by atomic mass is 35.5. The Morgan fingerprint density at radius 1 is 1.29 bits per heavy atom. The smallest absolute Gasteiger partial charge is 0.225 e. The van der Waals surface area contributed by atoms with E-state index in [1.54, 1.807) is 0 Å². The van der Waals surface area contributed by atoms with E-state index in [9.17, 15) is 9.59 Å². The molecule has 4 nitrogen and oxygen atoms in total. The number of piperidine rings is 1. The number of nitrogens with zero attached hydrogens (tertiary/aromatic N) is 1. The summed E-state index contributed by atoms with van der Waals surface area (Å²) in [6.07, 6.45) is 3.30. The third-order valence-electron chi connectivity index (χ3n) is 4.21. The fourth-order valence-electron chi connectivity index (χ4n) is 2.79. The molecule has 1 aliphatic carbocycles. The Morgan fingerprint density at radius 3 is 2.76 bits per heavy atom. The molecule has 1 aromatic rings. The van der Waals surface area contributed by atoms with Gasteiger partial charge in [0.1, 0.15) is 0 Å². The lowest BCUT2D eigenvalue weighted by Crippen LogP contribution is -2.46. The predicted molar refractivity (Wildman–Crippen MR) is 80.8 cm³/mol. The van der Waals surface area contributed by atoms with Crippen LogP contribution in [-0.4, -0.2) is 29.3 Å². The quantitative estimate of drug-likeness (QED) is 0.928. The van der Waals surface area contributed by atoms with Crippen molar-refractivity contribution in [2.75, 3.05) is 6.54 Å². The van der Waals surface area contributed by atoms with Crippen molar-refractivity contribution in [1.82, 2.24) is 10.2 Å². The molecule has 1 atom stereocenters. The zero-order chi connectivity index (χ0) is 14.8. The molecule has 1 aliphatic heterocycles. The molecule has 21 heavy (non-hydrogen) atoms. The highest BCUT2D eigenvalue weighted by Gasteiger charge is 2.38. The Hall–Kier alpha value is -1.55. The van der Waals surface area contributed by atoms with E-state index < -0.39 is 0 Å². The Balaban J connectivity index is 1.55. The summed E-state index contributed by atoms with van der Waals surface area (Å²) >= 11 is 6.08. The number of rotatable bonds is 4. The second-order valence-corrected chi connectivity index (χ2v) is 6.23. The molecule has 0 bridgehead atoms. The predicted octanol–water partition coefficient (Wildman–Crippen LogP) is 2.36. The summed E-state index contributed by atoms with van der Waals surface area (Å²) in [5, 5.41) is 3.61. The molecule has 5 heteroatoms. The van der Waals surface area contributed by atoms with Crippen LogP contribution < -0.4 is 5.32 Å². The summed E-state index contributed by atoms with van der Waals surface area (Å²) in [6.45, 7) is 1.00.